The Bertz CT molecular complexity index is 834. The predicted octanol–water partition coefficient (Wildman–Crippen LogP) is 4.18. The van der Waals surface area contributed by atoms with Gasteiger partial charge in [0.1, 0.15) is 17.6 Å². The van der Waals surface area contributed by atoms with Gasteiger partial charge < -0.3 is 5.73 Å². The molecule has 0 aliphatic heterocycles. The third kappa shape index (κ3) is 5.86. The van der Waals surface area contributed by atoms with Crippen LogP contribution in [0.2, 0.25) is 5.02 Å². The lowest BCUT2D eigenvalue weighted by Crippen LogP contribution is -2.36. The standard InChI is InChI=1S/C14H11ClF6N4OS/c1-7-3-8(13(16,17)18)4-10(15)12(7)24-11(5-9(23)6-22)25(2)27(26)14(19,20)21/h3-5H,23H2,1-2H3. The average molecular weight is 433 g/mol. The maximum atomic E-state index is 12.8. The Morgan fingerprint density at radius 2 is 1.89 bits per heavy atom. The number of hydrogen-bond acceptors (Lipinski definition) is 4. The highest BCUT2D eigenvalue weighted by atomic mass is 35.5. The smallest absolute Gasteiger partial charge is 0.390 e. The van der Waals surface area contributed by atoms with E-state index in [0.717, 1.165) is 7.05 Å². The molecule has 1 aromatic carbocycles. The zero-order chi connectivity index (χ0) is 21.2. The van der Waals surface area contributed by atoms with Crippen LogP contribution in [0.15, 0.2) is 28.9 Å². The molecule has 0 saturated heterocycles. The van der Waals surface area contributed by atoms with Crippen molar-refractivity contribution in [2.75, 3.05) is 7.05 Å². The SMILES string of the molecule is Cc1cc(C(F)(F)F)cc(Cl)c1N=C(C=C(N)C#N)N(C)S(=O)C(F)(F)F. The number of allylic oxidation sites excluding steroid dienone is 1. The lowest BCUT2D eigenvalue weighted by atomic mass is 10.1. The highest BCUT2D eigenvalue weighted by molar-refractivity contribution is 7.84. The van der Waals surface area contributed by atoms with Crippen LogP contribution in [0.4, 0.5) is 32.0 Å². The molecule has 0 saturated carbocycles. The maximum absolute atomic E-state index is 12.8. The Morgan fingerprint density at radius 3 is 2.30 bits per heavy atom. The van der Waals surface area contributed by atoms with E-state index in [1.807, 2.05) is 0 Å². The van der Waals surface area contributed by atoms with E-state index in [4.69, 9.17) is 22.6 Å². The molecule has 0 radical (unpaired) electrons. The van der Waals surface area contributed by atoms with Gasteiger partial charge in [0.2, 0.25) is 11.0 Å². The number of halogens is 7. The molecule has 1 atom stereocenters. The number of amidine groups is 1. The van der Waals surface area contributed by atoms with Crippen LogP contribution < -0.4 is 5.73 Å². The van der Waals surface area contributed by atoms with Gasteiger partial charge in [0, 0.05) is 13.1 Å². The Labute approximate surface area is 157 Å². The second-order valence-electron chi connectivity index (χ2n) is 5.00. The van der Waals surface area contributed by atoms with E-state index in [-0.39, 0.29) is 15.6 Å². The molecule has 148 valence electrons. The highest BCUT2D eigenvalue weighted by Crippen LogP contribution is 2.37. The van der Waals surface area contributed by atoms with Crippen molar-refractivity contribution in [2.24, 2.45) is 10.7 Å². The van der Waals surface area contributed by atoms with E-state index in [9.17, 15) is 30.6 Å². The van der Waals surface area contributed by atoms with Crippen LogP contribution in [0.1, 0.15) is 11.1 Å². The molecule has 1 unspecified atom stereocenters. The van der Waals surface area contributed by atoms with E-state index < -0.39 is 44.8 Å². The molecule has 5 nitrogen and oxygen atoms in total. The minimum atomic E-state index is -5.15. The fourth-order valence-electron chi connectivity index (χ4n) is 1.76. The van der Waals surface area contributed by atoms with Crippen molar-refractivity contribution in [2.45, 2.75) is 18.6 Å². The van der Waals surface area contributed by atoms with E-state index in [0.29, 0.717) is 18.2 Å². The van der Waals surface area contributed by atoms with Crippen LogP contribution in [0.5, 0.6) is 0 Å². The molecule has 0 spiro atoms. The number of aryl methyl sites for hydroxylation is 1. The summed E-state index contributed by atoms with van der Waals surface area (Å²) in [6, 6.07) is 2.68. The monoisotopic (exact) mass is 432 g/mol. The summed E-state index contributed by atoms with van der Waals surface area (Å²) in [6.07, 6.45) is -4.00. The highest BCUT2D eigenvalue weighted by Gasteiger charge is 2.41. The molecule has 0 aromatic heterocycles. The van der Waals surface area contributed by atoms with Crippen molar-refractivity contribution in [1.29, 1.82) is 5.26 Å². The number of alkyl halides is 6. The van der Waals surface area contributed by atoms with Gasteiger partial charge in [-0.3, -0.25) is 4.31 Å². The molecule has 2 N–H and O–H groups in total. The van der Waals surface area contributed by atoms with Gasteiger partial charge in [-0.1, -0.05) is 11.6 Å². The van der Waals surface area contributed by atoms with Gasteiger partial charge in [0.05, 0.1) is 16.3 Å². The van der Waals surface area contributed by atoms with Gasteiger partial charge in [-0.15, -0.1) is 0 Å². The number of nitriles is 1. The fourth-order valence-corrected chi connectivity index (χ4v) is 2.64. The summed E-state index contributed by atoms with van der Waals surface area (Å²) in [5.74, 6) is -0.686. The molecular formula is C14H11ClF6N4OS. The number of rotatable bonds is 3. The van der Waals surface area contributed by atoms with Crippen molar-refractivity contribution in [3.8, 4) is 6.07 Å². The number of benzene rings is 1. The number of nitrogens with zero attached hydrogens (tertiary/aromatic N) is 3. The molecule has 0 amide bonds. The van der Waals surface area contributed by atoms with Gasteiger partial charge in [0.15, 0.2) is 0 Å². The first-order valence-corrected chi connectivity index (χ1v) is 8.22. The molecule has 1 rings (SSSR count). The van der Waals surface area contributed by atoms with E-state index in [1.54, 1.807) is 0 Å². The van der Waals surface area contributed by atoms with Crippen LogP contribution in [0.25, 0.3) is 0 Å². The summed E-state index contributed by atoms with van der Waals surface area (Å²) in [5.41, 5.74) is -1.94. The van der Waals surface area contributed by atoms with E-state index in [2.05, 4.69) is 4.99 Å². The third-order valence-electron chi connectivity index (χ3n) is 2.99. The lowest BCUT2D eigenvalue weighted by Gasteiger charge is -2.20. The Morgan fingerprint density at radius 1 is 1.33 bits per heavy atom. The van der Waals surface area contributed by atoms with Crippen molar-refractivity contribution in [3.05, 3.63) is 40.1 Å². The first-order valence-electron chi connectivity index (χ1n) is 6.74. The van der Waals surface area contributed by atoms with Gasteiger partial charge in [-0.25, -0.2) is 9.20 Å². The molecule has 0 aliphatic rings. The zero-order valence-corrected chi connectivity index (χ0v) is 15.2. The molecule has 0 bridgehead atoms. The quantitative estimate of drug-likeness (QED) is 0.337. The van der Waals surface area contributed by atoms with E-state index in [1.165, 1.54) is 13.0 Å². The van der Waals surface area contributed by atoms with Crippen molar-refractivity contribution in [3.63, 3.8) is 0 Å². The topological polar surface area (TPSA) is 82.5 Å². The second-order valence-corrected chi connectivity index (χ2v) is 6.91. The number of aliphatic imine (C=N–C) groups is 1. The number of hydrogen-bond donors (Lipinski definition) is 1. The maximum Gasteiger partial charge on any atom is 0.491 e. The average Bonchev–Trinajstić information content (AvgIpc) is 2.53. The summed E-state index contributed by atoms with van der Waals surface area (Å²) in [5, 5.41) is 8.19. The van der Waals surface area contributed by atoms with Crippen LogP contribution in [-0.2, 0) is 17.2 Å². The van der Waals surface area contributed by atoms with Crippen molar-refractivity contribution < 1.29 is 30.6 Å². The molecule has 13 heteroatoms. The van der Waals surface area contributed by atoms with Gasteiger partial charge in [-0.05, 0) is 24.6 Å². The Kier molecular flexibility index (Phi) is 6.90. The third-order valence-corrected chi connectivity index (χ3v) is 4.36. The second kappa shape index (κ2) is 8.18. The molecule has 0 aliphatic carbocycles. The zero-order valence-electron chi connectivity index (χ0n) is 13.6. The molecule has 0 heterocycles. The Balaban J connectivity index is 3.59. The summed E-state index contributed by atoms with van der Waals surface area (Å²) < 4.78 is 88.2. The van der Waals surface area contributed by atoms with Crippen molar-refractivity contribution in [1.82, 2.24) is 4.31 Å². The summed E-state index contributed by atoms with van der Waals surface area (Å²) in [6.45, 7) is 1.20. The summed E-state index contributed by atoms with van der Waals surface area (Å²) in [4.78, 5) is 3.75. The van der Waals surface area contributed by atoms with Crippen LogP contribution in [0.3, 0.4) is 0 Å². The van der Waals surface area contributed by atoms with Crippen molar-refractivity contribution >= 4 is 34.1 Å². The molecule has 27 heavy (non-hydrogen) atoms. The van der Waals surface area contributed by atoms with E-state index >= 15 is 0 Å². The van der Waals surface area contributed by atoms with Crippen LogP contribution in [0, 0.1) is 18.3 Å². The minimum absolute atomic E-state index is 0.109. The van der Waals surface area contributed by atoms with Gasteiger partial charge in [0.25, 0.3) is 0 Å². The summed E-state index contributed by atoms with van der Waals surface area (Å²) in [7, 11) is -2.81. The number of nitrogens with two attached hydrogens (primary N) is 1. The van der Waals surface area contributed by atoms with Gasteiger partial charge >= 0.3 is 11.7 Å². The normalized spacial score (nSPS) is 14.7. The first kappa shape index (κ1) is 22.8. The minimum Gasteiger partial charge on any atom is -0.390 e. The molecule has 1 aromatic rings. The molecule has 0 fully saturated rings. The lowest BCUT2D eigenvalue weighted by molar-refractivity contribution is -0.137. The Hall–Kier alpha value is -2.26. The summed E-state index contributed by atoms with van der Waals surface area (Å²) >= 11 is 5.79. The first-order chi connectivity index (χ1) is 12.2. The predicted molar refractivity (Wildman–Crippen MR) is 88.1 cm³/mol. The van der Waals surface area contributed by atoms with Crippen LogP contribution >= 0.6 is 11.6 Å². The largest absolute Gasteiger partial charge is 0.491 e. The fraction of sp³-hybridized carbons (Fsp3) is 0.286. The molecular weight excluding hydrogens is 422 g/mol. The van der Waals surface area contributed by atoms with Crippen LogP contribution in [-0.4, -0.2) is 26.9 Å². The number of likely N-dealkylation sites (N-methyl/N-ethyl adjacent to an activating group) is 1. The van der Waals surface area contributed by atoms with Gasteiger partial charge in [-0.2, -0.15) is 31.6 Å².